The number of methoxy groups -OCH3 is 1. The third-order valence-electron chi connectivity index (χ3n) is 4.53. The van der Waals surface area contributed by atoms with E-state index in [0.29, 0.717) is 17.5 Å². The van der Waals surface area contributed by atoms with Gasteiger partial charge in [-0.3, -0.25) is 0 Å². The minimum atomic E-state index is 0.423. The molecular formula is C20H15N3O3. The lowest BCUT2D eigenvalue weighted by molar-refractivity contribution is 0.415. The Morgan fingerprint density at radius 1 is 1.08 bits per heavy atom. The molecule has 0 atom stereocenters. The van der Waals surface area contributed by atoms with Crippen molar-refractivity contribution in [1.29, 1.82) is 0 Å². The number of fused-ring (bicyclic) bond motifs is 2. The zero-order valence-electron chi connectivity index (χ0n) is 14.2. The number of aromatic amines is 1. The van der Waals surface area contributed by atoms with E-state index in [-0.39, 0.29) is 0 Å². The van der Waals surface area contributed by atoms with E-state index in [1.807, 2.05) is 55.5 Å². The summed E-state index contributed by atoms with van der Waals surface area (Å²) in [6.07, 6.45) is 0. The zero-order chi connectivity index (χ0) is 17.7. The van der Waals surface area contributed by atoms with Gasteiger partial charge in [0.05, 0.1) is 7.11 Å². The highest BCUT2D eigenvalue weighted by atomic mass is 16.5. The van der Waals surface area contributed by atoms with Gasteiger partial charge in [-0.25, -0.2) is 0 Å². The van der Waals surface area contributed by atoms with E-state index < -0.39 is 0 Å². The Kier molecular flexibility index (Phi) is 3.12. The molecule has 6 heteroatoms. The number of para-hydroxylation sites is 1. The van der Waals surface area contributed by atoms with Gasteiger partial charge in [-0.2, -0.15) is 4.98 Å². The number of furan rings is 1. The Bertz CT molecular complexity index is 1210. The second-order valence-corrected chi connectivity index (χ2v) is 6.11. The molecule has 0 spiro atoms. The van der Waals surface area contributed by atoms with E-state index in [9.17, 15) is 0 Å². The van der Waals surface area contributed by atoms with Crippen molar-refractivity contribution in [3.63, 3.8) is 0 Å². The fourth-order valence-corrected chi connectivity index (χ4v) is 3.15. The molecule has 5 rings (SSSR count). The maximum Gasteiger partial charge on any atom is 0.274 e. The van der Waals surface area contributed by atoms with E-state index in [0.717, 1.165) is 38.9 Å². The van der Waals surface area contributed by atoms with E-state index in [1.165, 1.54) is 0 Å². The Balaban J connectivity index is 1.59. The summed E-state index contributed by atoms with van der Waals surface area (Å²) in [7, 11) is 1.64. The van der Waals surface area contributed by atoms with Gasteiger partial charge in [0.15, 0.2) is 5.76 Å². The number of aryl methyl sites for hydroxylation is 1. The molecule has 2 aromatic carbocycles. The molecule has 5 aromatic rings. The quantitative estimate of drug-likeness (QED) is 0.501. The molecule has 0 bridgehead atoms. The molecule has 0 aliphatic carbocycles. The summed E-state index contributed by atoms with van der Waals surface area (Å²) < 4.78 is 16.7. The molecule has 3 heterocycles. The van der Waals surface area contributed by atoms with Crippen LogP contribution in [0.5, 0.6) is 5.75 Å². The van der Waals surface area contributed by atoms with Crippen molar-refractivity contribution < 1.29 is 13.7 Å². The standard InChI is InChI=1S/C20H15N3O3/c1-11-14-10-13(24-2)7-8-17(14)25-18(11)19-22-20(26-23-19)16-9-12-5-3-4-6-15(12)21-16/h3-10,21H,1-2H3. The lowest BCUT2D eigenvalue weighted by Crippen LogP contribution is -1.82. The highest BCUT2D eigenvalue weighted by molar-refractivity contribution is 5.88. The van der Waals surface area contributed by atoms with Crippen molar-refractivity contribution in [3.05, 3.63) is 54.1 Å². The predicted octanol–water partition coefficient (Wildman–Crippen LogP) is 4.95. The minimum Gasteiger partial charge on any atom is -0.497 e. The number of nitrogens with one attached hydrogen (secondary N) is 1. The fourth-order valence-electron chi connectivity index (χ4n) is 3.15. The number of aromatic nitrogens is 3. The number of hydrogen-bond donors (Lipinski definition) is 1. The van der Waals surface area contributed by atoms with E-state index >= 15 is 0 Å². The van der Waals surface area contributed by atoms with Gasteiger partial charge in [0, 0.05) is 21.9 Å². The Morgan fingerprint density at radius 3 is 2.81 bits per heavy atom. The monoisotopic (exact) mass is 345 g/mol. The van der Waals surface area contributed by atoms with Crippen molar-refractivity contribution >= 4 is 21.9 Å². The molecule has 0 fully saturated rings. The molecule has 6 nitrogen and oxygen atoms in total. The Hall–Kier alpha value is -3.54. The second kappa shape index (κ2) is 5.49. The van der Waals surface area contributed by atoms with E-state index in [2.05, 4.69) is 15.1 Å². The summed E-state index contributed by atoms with van der Waals surface area (Å²) in [5, 5.41) is 6.16. The van der Waals surface area contributed by atoms with Crippen molar-refractivity contribution in [2.75, 3.05) is 7.11 Å². The van der Waals surface area contributed by atoms with Crippen molar-refractivity contribution in [1.82, 2.24) is 15.1 Å². The summed E-state index contributed by atoms with van der Waals surface area (Å²) in [5.41, 5.74) is 3.51. The Labute approximate surface area is 148 Å². The molecule has 0 aliphatic heterocycles. The number of rotatable bonds is 3. The molecule has 0 saturated carbocycles. The summed E-state index contributed by atoms with van der Waals surface area (Å²) in [6.45, 7) is 1.97. The van der Waals surface area contributed by atoms with E-state index in [4.69, 9.17) is 13.7 Å². The van der Waals surface area contributed by atoms with Crippen LogP contribution in [0.3, 0.4) is 0 Å². The van der Waals surface area contributed by atoms with Crippen molar-refractivity contribution in [3.8, 4) is 28.9 Å². The average molecular weight is 345 g/mol. The normalized spacial score (nSPS) is 11.5. The summed E-state index contributed by atoms with van der Waals surface area (Å²) in [4.78, 5) is 7.80. The van der Waals surface area contributed by atoms with Crippen LogP contribution in [0.1, 0.15) is 5.56 Å². The van der Waals surface area contributed by atoms with Crippen LogP contribution in [0.4, 0.5) is 0 Å². The second-order valence-electron chi connectivity index (χ2n) is 6.11. The molecule has 0 saturated heterocycles. The molecule has 26 heavy (non-hydrogen) atoms. The summed E-state index contributed by atoms with van der Waals surface area (Å²) >= 11 is 0. The molecule has 1 N–H and O–H groups in total. The smallest absolute Gasteiger partial charge is 0.274 e. The first-order valence-corrected chi connectivity index (χ1v) is 8.22. The SMILES string of the molecule is COc1ccc2oc(-c3noc(-c4cc5ccccc5[nH]4)n3)c(C)c2c1. The number of nitrogens with zero attached hydrogens (tertiary/aromatic N) is 2. The minimum absolute atomic E-state index is 0.423. The summed E-state index contributed by atoms with van der Waals surface area (Å²) in [6, 6.07) is 15.7. The number of hydrogen-bond acceptors (Lipinski definition) is 5. The Morgan fingerprint density at radius 2 is 1.96 bits per heavy atom. The topological polar surface area (TPSA) is 77.1 Å². The number of H-pyrrole nitrogens is 1. The van der Waals surface area contributed by atoms with Gasteiger partial charge >= 0.3 is 0 Å². The van der Waals surface area contributed by atoms with Gasteiger partial charge in [0.25, 0.3) is 5.89 Å². The molecular weight excluding hydrogens is 330 g/mol. The number of benzene rings is 2. The lowest BCUT2D eigenvalue weighted by atomic mass is 10.1. The largest absolute Gasteiger partial charge is 0.497 e. The van der Waals surface area contributed by atoms with Crippen LogP contribution in [0.25, 0.3) is 45.0 Å². The highest BCUT2D eigenvalue weighted by Crippen LogP contribution is 2.34. The summed E-state index contributed by atoms with van der Waals surface area (Å²) in [5.74, 6) is 2.22. The maximum absolute atomic E-state index is 5.94. The van der Waals surface area contributed by atoms with Crippen molar-refractivity contribution in [2.45, 2.75) is 6.92 Å². The first-order valence-electron chi connectivity index (χ1n) is 8.22. The van der Waals surface area contributed by atoms with Crippen LogP contribution in [-0.2, 0) is 0 Å². The molecule has 3 aromatic heterocycles. The van der Waals surface area contributed by atoms with Crippen LogP contribution in [0, 0.1) is 6.92 Å². The molecule has 0 amide bonds. The molecule has 128 valence electrons. The third kappa shape index (κ3) is 2.19. The van der Waals surface area contributed by atoms with Crippen LogP contribution >= 0.6 is 0 Å². The third-order valence-corrected chi connectivity index (χ3v) is 4.53. The maximum atomic E-state index is 5.94. The van der Waals surface area contributed by atoms with Crippen molar-refractivity contribution in [2.24, 2.45) is 0 Å². The molecule has 0 unspecified atom stereocenters. The predicted molar refractivity (Wildman–Crippen MR) is 98.1 cm³/mol. The van der Waals surface area contributed by atoms with Gasteiger partial charge in [0.1, 0.15) is 17.0 Å². The van der Waals surface area contributed by atoms with Crippen LogP contribution in [-0.4, -0.2) is 22.2 Å². The first-order chi connectivity index (χ1) is 12.7. The lowest BCUT2D eigenvalue weighted by Gasteiger charge is -1.97. The van der Waals surface area contributed by atoms with Gasteiger partial charge in [-0.05, 0) is 37.3 Å². The van der Waals surface area contributed by atoms with Crippen LogP contribution in [0.15, 0.2) is 57.5 Å². The van der Waals surface area contributed by atoms with Crippen LogP contribution < -0.4 is 4.74 Å². The zero-order valence-corrected chi connectivity index (χ0v) is 14.2. The average Bonchev–Trinajstić information content (AvgIpc) is 3.38. The fraction of sp³-hybridized carbons (Fsp3) is 0.100. The molecule has 0 radical (unpaired) electrons. The highest BCUT2D eigenvalue weighted by Gasteiger charge is 2.19. The molecule has 0 aliphatic rings. The van der Waals surface area contributed by atoms with Gasteiger partial charge in [-0.1, -0.05) is 23.4 Å². The van der Waals surface area contributed by atoms with Gasteiger partial charge in [-0.15, -0.1) is 0 Å². The van der Waals surface area contributed by atoms with Gasteiger partial charge in [0.2, 0.25) is 5.82 Å². The first kappa shape index (κ1) is 14.8. The van der Waals surface area contributed by atoms with Gasteiger partial charge < -0.3 is 18.7 Å². The van der Waals surface area contributed by atoms with E-state index in [1.54, 1.807) is 7.11 Å². The van der Waals surface area contributed by atoms with Crippen LogP contribution in [0.2, 0.25) is 0 Å². The number of ether oxygens (including phenoxy) is 1.